The summed E-state index contributed by atoms with van der Waals surface area (Å²) in [6.07, 6.45) is 4.14. The Labute approximate surface area is 175 Å². The molecule has 1 amide bonds. The normalized spacial score (nSPS) is 11.9. The van der Waals surface area contributed by atoms with Crippen molar-refractivity contribution in [1.29, 1.82) is 0 Å². The second-order valence-corrected chi connectivity index (χ2v) is 7.13. The lowest BCUT2D eigenvalue weighted by atomic mass is 10.0. The van der Waals surface area contributed by atoms with Gasteiger partial charge in [-0.25, -0.2) is 0 Å². The molecule has 0 saturated heterocycles. The molecular formula is C22H26N4O4. The van der Waals surface area contributed by atoms with E-state index in [1.807, 2.05) is 32.0 Å². The molecule has 0 spiro atoms. The number of rotatable bonds is 9. The molecule has 0 fully saturated rings. The van der Waals surface area contributed by atoms with Crippen molar-refractivity contribution in [3.63, 3.8) is 0 Å². The van der Waals surface area contributed by atoms with Gasteiger partial charge in [0.1, 0.15) is 6.04 Å². The molecule has 3 rings (SSSR count). The van der Waals surface area contributed by atoms with Gasteiger partial charge in [-0.2, -0.15) is 4.98 Å². The topological polar surface area (TPSA) is 99.4 Å². The number of hydrogen-bond acceptors (Lipinski definition) is 7. The van der Waals surface area contributed by atoms with E-state index in [0.717, 1.165) is 11.1 Å². The maximum Gasteiger partial charge on any atom is 0.249 e. The summed E-state index contributed by atoms with van der Waals surface area (Å²) in [4.78, 5) is 21.1. The molecule has 0 aliphatic heterocycles. The molecule has 0 bridgehead atoms. The first-order valence-corrected chi connectivity index (χ1v) is 9.76. The zero-order valence-corrected chi connectivity index (χ0v) is 17.6. The minimum absolute atomic E-state index is 0.0750. The van der Waals surface area contributed by atoms with Crippen LogP contribution in [-0.4, -0.2) is 35.3 Å². The standard InChI is InChI=1S/C22H26N4O4/c1-14(2)19(22-25-21(26-30-22)16-10-12-23-13-11-16)24-18(27)9-8-15-6-5-7-17(28-3)20(15)29-4/h5-7,10-14,19H,8-9H2,1-4H3,(H,24,27). The van der Waals surface area contributed by atoms with Gasteiger partial charge in [0, 0.05) is 24.4 Å². The van der Waals surface area contributed by atoms with Crippen LogP contribution in [0.15, 0.2) is 47.2 Å². The highest BCUT2D eigenvalue weighted by molar-refractivity contribution is 5.76. The lowest BCUT2D eigenvalue weighted by Gasteiger charge is -2.19. The van der Waals surface area contributed by atoms with E-state index in [2.05, 4.69) is 20.4 Å². The minimum Gasteiger partial charge on any atom is -0.493 e. The Morgan fingerprint density at radius 2 is 1.90 bits per heavy atom. The second kappa shape index (κ2) is 9.87. The first-order valence-electron chi connectivity index (χ1n) is 9.76. The molecule has 158 valence electrons. The van der Waals surface area contributed by atoms with Crippen molar-refractivity contribution in [2.24, 2.45) is 5.92 Å². The molecule has 1 aromatic carbocycles. The van der Waals surface area contributed by atoms with Gasteiger partial charge in [-0.1, -0.05) is 31.1 Å². The average molecular weight is 410 g/mol. The van der Waals surface area contributed by atoms with Gasteiger partial charge in [0.2, 0.25) is 17.6 Å². The fraction of sp³-hybridized carbons (Fsp3) is 0.364. The SMILES string of the molecule is COc1cccc(CCC(=O)NC(c2nc(-c3ccncc3)no2)C(C)C)c1OC. The zero-order chi connectivity index (χ0) is 21.5. The third-order valence-corrected chi connectivity index (χ3v) is 4.74. The van der Waals surface area contributed by atoms with E-state index in [4.69, 9.17) is 14.0 Å². The molecule has 3 aromatic rings. The fourth-order valence-corrected chi connectivity index (χ4v) is 3.14. The zero-order valence-electron chi connectivity index (χ0n) is 17.6. The average Bonchev–Trinajstić information content (AvgIpc) is 3.25. The number of amides is 1. The third kappa shape index (κ3) is 4.94. The molecule has 8 heteroatoms. The van der Waals surface area contributed by atoms with Crippen molar-refractivity contribution in [1.82, 2.24) is 20.4 Å². The predicted octanol–water partition coefficient (Wildman–Crippen LogP) is 3.59. The van der Waals surface area contributed by atoms with Gasteiger partial charge < -0.3 is 19.3 Å². The predicted molar refractivity (Wildman–Crippen MR) is 111 cm³/mol. The number of benzene rings is 1. The van der Waals surface area contributed by atoms with Crippen LogP contribution >= 0.6 is 0 Å². The van der Waals surface area contributed by atoms with Gasteiger partial charge in [0.05, 0.1) is 14.2 Å². The lowest BCUT2D eigenvalue weighted by molar-refractivity contribution is -0.122. The molecule has 0 radical (unpaired) electrons. The van der Waals surface area contributed by atoms with E-state index in [9.17, 15) is 4.79 Å². The van der Waals surface area contributed by atoms with Gasteiger partial charge in [0.15, 0.2) is 11.5 Å². The summed E-state index contributed by atoms with van der Waals surface area (Å²) in [6.45, 7) is 3.98. The molecule has 1 atom stereocenters. The van der Waals surface area contributed by atoms with Crippen LogP contribution in [0.25, 0.3) is 11.4 Å². The van der Waals surface area contributed by atoms with E-state index in [1.165, 1.54) is 0 Å². The molecule has 8 nitrogen and oxygen atoms in total. The molecule has 30 heavy (non-hydrogen) atoms. The van der Waals surface area contributed by atoms with E-state index < -0.39 is 0 Å². The quantitative estimate of drug-likeness (QED) is 0.575. The first kappa shape index (κ1) is 21.3. The summed E-state index contributed by atoms with van der Waals surface area (Å²) in [5, 5.41) is 7.05. The van der Waals surface area contributed by atoms with E-state index in [-0.39, 0.29) is 24.3 Å². The second-order valence-electron chi connectivity index (χ2n) is 7.13. The number of ether oxygens (including phenoxy) is 2. The molecular weight excluding hydrogens is 384 g/mol. The first-order chi connectivity index (χ1) is 14.5. The summed E-state index contributed by atoms with van der Waals surface area (Å²) in [6, 6.07) is 8.86. The Hall–Kier alpha value is -3.42. The van der Waals surface area contributed by atoms with Crippen molar-refractivity contribution >= 4 is 5.91 Å². The van der Waals surface area contributed by atoms with Crippen LogP contribution in [0.4, 0.5) is 0 Å². The smallest absolute Gasteiger partial charge is 0.249 e. The molecule has 0 aliphatic carbocycles. The Kier molecular flexibility index (Phi) is 7.00. The highest BCUT2D eigenvalue weighted by atomic mass is 16.5. The number of carbonyl (C=O) groups excluding carboxylic acids is 1. The number of nitrogens with zero attached hydrogens (tertiary/aromatic N) is 3. The van der Waals surface area contributed by atoms with Crippen LogP contribution < -0.4 is 14.8 Å². The highest BCUT2D eigenvalue weighted by Gasteiger charge is 2.25. The maximum atomic E-state index is 12.7. The van der Waals surface area contributed by atoms with Crippen molar-refractivity contribution < 1.29 is 18.8 Å². The van der Waals surface area contributed by atoms with Gasteiger partial charge >= 0.3 is 0 Å². The van der Waals surface area contributed by atoms with Gasteiger partial charge in [-0.05, 0) is 36.1 Å². The lowest BCUT2D eigenvalue weighted by Crippen LogP contribution is -2.32. The number of aromatic nitrogens is 3. The monoisotopic (exact) mass is 410 g/mol. The van der Waals surface area contributed by atoms with E-state index in [0.29, 0.717) is 29.6 Å². The largest absolute Gasteiger partial charge is 0.493 e. The molecule has 2 heterocycles. The summed E-state index contributed by atoms with van der Waals surface area (Å²) in [5.74, 6) is 2.10. The van der Waals surface area contributed by atoms with Crippen LogP contribution in [-0.2, 0) is 11.2 Å². The van der Waals surface area contributed by atoms with Gasteiger partial charge in [-0.3, -0.25) is 9.78 Å². The van der Waals surface area contributed by atoms with Crippen molar-refractivity contribution in [3.05, 3.63) is 54.2 Å². The Morgan fingerprint density at radius 3 is 2.57 bits per heavy atom. The number of carbonyl (C=O) groups is 1. The number of nitrogens with one attached hydrogen (secondary N) is 1. The Morgan fingerprint density at radius 1 is 1.13 bits per heavy atom. The molecule has 2 aromatic heterocycles. The van der Waals surface area contributed by atoms with Crippen molar-refractivity contribution in [3.8, 4) is 22.9 Å². The van der Waals surface area contributed by atoms with Crippen molar-refractivity contribution in [2.45, 2.75) is 32.7 Å². The summed E-state index contributed by atoms with van der Waals surface area (Å²) >= 11 is 0. The third-order valence-electron chi connectivity index (χ3n) is 4.74. The number of hydrogen-bond donors (Lipinski definition) is 1. The molecule has 0 saturated carbocycles. The van der Waals surface area contributed by atoms with Crippen molar-refractivity contribution in [2.75, 3.05) is 14.2 Å². The van der Waals surface area contributed by atoms with Gasteiger partial charge in [-0.15, -0.1) is 0 Å². The van der Waals surface area contributed by atoms with E-state index >= 15 is 0 Å². The Balaban J connectivity index is 1.68. The summed E-state index contributed by atoms with van der Waals surface area (Å²) < 4.78 is 16.2. The number of para-hydroxylation sites is 1. The van der Waals surface area contributed by atoms with Crippen LogP contribution in [0.2, 0.25) is 0 Å². The number of pyridine rings is 1. The fourth-order valence-electron chi connectivity index (χ4n) is 3.14. The minimum atomic E-state index is -0.382. The molecule has 0 aliphatic rings. The van der Waals surface area contributed by atoms with Crippen LogP contribution in [0.5, 0.6) is 11.5 Å². The van der Waals surface area contributed by atoms with Crippen LogP contribution in [0, 0.1) is 5.92 Å². The summed E-state index contributed by atoms with van der Waals surface area (Å²) in [7, 11) is 3.18. The molecule has 1 N–H and O–H groups in total. The Bertz CT molecular complexity index is 972. The number of aryl methyl sites for hydroxylation is 1. The summed E-state index contributed by atoms with van der Waals surface area (Å²) in [5.41, 5.74) is 1.71. The van der Waals surface area contributed by atoms with Crippen LogP contribution in [0.1, 0.15) is 37.8 Å². The van der Waals surface area contributed by atoms with E-state index in [1.54, 1.807) is 38.7 Å². The molecule has 1 unspecified atom stereocenters. The number of methoxy groups -OCH3 is 2. The van der Waals surface area contributed by atoms with Gasteiger partial charge in [0.25, 0.3) is 0 Å². The highest BCUT2D eigenvalue weighted by Crippen LogP contribution is 2.31. The maximum absolute atomic E-state index is 12.7. The van der Waals surface area contributed by atoms with Crippen LogP contribution in [0.3, 0.4) is 0 Å².